The van der Waals surface area contributed by atoms with Crippen molar-refractivity contribution in [3.05, 3.63) is 64.7 Å². The molecule has 1 heterocycles. The quantitative estimate of drug-likeness (QED) is 0.543. The molecule has 0 saturated carbocycles. The lowest BCUT2D eigenvalue weighted by atomic mass is 9.96. The summed E-state index contributed by atoms with van der Waals surface area (Å²) < 4.78 is 61.1. The highest BCUT2D eigenvalue weighted by atomic mass is 35.5. The van der Waals surface area contributed by atoms with Crippen molar-refractivity contribution in [2.45, 2.75) is 36.3 Å². The minimum absolute atomic E-state index is 0.0742. The van der Waals surface area contributed by atoms with Gasteiger partial charge in [0.1, 0.15) is 11.6 Å². The number of likely N-dealkylation sites (tertiary alicyclic amines) is 1. The fraction of sp³-hybridized carbons (Fsp3) is 0.409. The second-order valence-corrected chi connectivity index (χ2v) is 10.0. The lowest BCUT2D eigenvalue weighted by Gasteiger charge is -2.27. The van der Waals surface area contributed by atoms with Crippen LogP contribution in [-0.2, 0) is 14.6 Å². The third-order valence-electron chi connectivity index (χ3n) is 5.48. The fourth-order valence-electron chi connectivity index (χ4n) is 3.77. The summed E-state index contributed by atoms with van der Waals surface area (Å²) in [5, 5.41) is -1.10. The van der Waals surface area contributed by atoms with Crippen LogP contribution in [0.1, 0.15) is 37.0 Å². The molecule has 5 nitrogen and oxygen atoms in total. The van der Waals surface area contributed by atoms with E-state index in [9.17, 15) is 22.0 Å². The molecular weight excluding hydrogens is 448 g/mol. The second kappa shape index (κ2) is 9.96. The molecule has 1 fully saturated rings. The van der Waals surface area contributed by atoms with E-state index in [1.807, 2.05) is 0 Å². The first kappa shape index (κ1) is 23.5. The van der Waals surface area contributed by atoms with Crippen LogP contribution in [0.5, 0.6) is 0 Å². The van der Waals surface area contributed by atoms with Crippen LogP contribution in [0.15, 0.2) is 47.4 Å². The van der Waals surface area contributed by atoms with E-state index in [2.05, 4.69) is 0 Å². The van der Waals surface area contributed by atoms with E-state index in [0.29, 0.717) is 18.1 Å². The lowest BCUT2D eigenvalue weighted by Crippen LogP contribution is -2.32. The molecule has 3 rings (SSSR count). The zero-order valence-corrected chi connectivity index (χ0v) is 18.6. The molecule has 9 heteroatoms. The van der Waals surface area contributed by atoms with Crippen molar-refractivity contribution in [1.82, 2.24) is 4.90 Å². The number of hydrogen-bond acceptors (Lipinski definition) is 4. The Morgan fingerprint density at radius 3 is 2.39 bits per heavy atom. The van der Waals surface area contributed by atoms with Gasteiger partial charge in [-0.3, -0.25) is 0 Å². The molecular formula is C22H24ClF2NO4S. The molecule has 168 valence electrons. The first-order chi connectivity index (χ1) is 14.7. The van der Waals surface area contributed by atoms with E-state index in [1.165, 1.54) is 24.3 Å². The molecule has 31 heavy (non-hydrogen) atoms. The highest BCUT2D eigenvalue weighted by molar-refractivity contribution is 7.91. The van der Waals surface area contributed by atoms with Crippen molar-refractivity contribution in [3.63, 3.8) is 0 Å². The van der Waals surface area contributed by atoms with Crippen molar-refractivity contribution in [2.75, 3.05) is 19.7 Å². The Hall–Kier alpha value is -2.19. The number of amides is 1. The average molecular weight is 472 g/mol. The normalized spacial score (nSPS) is 16.2. The van der Waals surface area contributed by atoms with E-state index in [1.54, 1.807) is 11.8 Å². The lowest BCUT2D eigenvalue weighted by molar-refractivity contribution is 0.0924. The van der Waals surface area contributed by atoms with Crippen molar-refractivity contribution in [3.8, 4) is 0 Å². The maximum absolute atomic E-state index is 14.7. The van der Waals surface area contributed by atoms with Gasteiger partial charge in [0, 0.05) is 29.6 Å². The van der Waals surface area contributed by atoms with E-state index >= 15 is 0 Å². The topological polar surface area (TPSA) is 63.7 Å². The average Bonchev–Trinajstić information content (AvgIpc) is 3.28. The van der Waals surface area contributed by atoms with Crippen LogP contribution in [0.25, 0.3) is 0 Å². The Balaban J connectivity index is 1.98. The predicted octanol–water partition coefficient (Wildman–Crippen LogP) is 5.39. The number of nitrogens with zero attached hydrogens (tertiary/aromatic N) is 1. The molecule has 1 saturated heterocycles. The third-order valence-corrected chi connectivity index (χ3v) is 7.97. The predicted molar refractivity (Wildman–Crippen MR) is 114 cm³/mol. The van der Waals surface area contributed by atoms with Crippen LogP contribution in [0, 0.1) is 17.6 Å². The Labute approximate surface area is 185 Å². The number of rotatable bonds is 7. The Morgan fingerprint density at radius 1 is 1.13 bits per heavy atom. The van der Waals surface area contributed by atoms with E-state index in [0.717, 1.165) is 31.0 Å². The maximum atomic E-state index is 14.7. The van der Waals surface area contributed by atoms with Crippen LogP contribution in [0.4, 0.5) is 13.6 Å². The van der Waals surface area contributed by atoms with Gasteiger partial charge >= 0.3 is 6.09 Å². The molecule has 0 aliphatic carbocycles. The molecule has 0 spiro atoms. The van der Waals surface area contributed by atoms with Gasteiger partial charge in [-0.15, -0.1) is 0 Å². The molecule has 1 aliphatic heterocycles. The molecule has 1 aliphatic rings. The van der Waals surface area contributed by atoms with E-state index in [-0.39, 0.29) is 23.5 Å². The van der Waals surface area contributed by atoms with Crippen LogP contribution in [0.2, 0.25) is 5.02 Å². The van der Waals surface area contributed by atoms with Crippen LogP contribution >= 0.6 is 11.6 Å². The molecule has 0 radical (unpaired) electrons. The number of benzene rings is 2. The number of hydrogen-bond donors (Lipinski definition) is 0. The number of ether oxygens (including phenoxy) is 1. The summed E-state index contributed by atoms with van der Waals surface area (Å²) >= 11 is 5.87. The van der Waals surface area contributed by atoms with E-state index < -0.39 is 38.7 Å². The number of halogens is 3. The summed E-state index contributed by atoms with van der Waals surface area (Å²) in [5.74, 6) is -2.38. The maximum Gasteiger partial charge on any atom is 0.409 e. The van der Waals surface area contributed by atoms with Gasteiger partial charge in [0.05, 0.1) is 16.8 Å². The van der Waals surface area contributed by atoms with Gasteiger partial charge in [0.15, 0.2) is 9.84 Å². The monoisotopic (exact) mass is 471 g/mol. The first-order valence-corrected chi connectivity index (χ1v) is 12.0. The van der Waals surface area contributed by atoms with Crippen molar-refractivity contribution in [2.24, 2.45) is 5.92 Å². The largest absolute Gasteiger partial charge is 0.449 e. The summed E-state index contributed by atoms with van der Waals surface area (Å²) in [6, 6.07) is 8.20. The SMILES string of the molecule is CCC(COC(=O)N1CCCC1)[C@@H](c1cc(F)ccc1F)S(=O)(=O)c1ccc(Cl)cc1. The first-order valence-electron chi connectivity index (χ1n) is 10.1. The fourth-order valence-corrected chi connectivity index (χ4v) is 5.99. The Bertz CT molecular complexity index is 1020. The van der Waals surface area contributed by atoms with Gasteiger partial charge in [0.2, 0.25) is 0 Å². The van der Waals surface area contributed by atoms with Gasteiger partial charge in [-0.25, -0.2) is 22.0 Å². The summed E-state index contributed by atoms with van der Waals surface area (Å²) in [6.45, 7) is 2.65. The summed E-state index contributed by atoms with van der Waals surface area (Å²) in [6.07, 6.45) is 1.50. The van der Waals surface area contributed by atoms with Gasteiger partial charge in [-0.1, -0.05) is 18.5 Å². The Kier molecular flexibility index (Phi) is 7.54. The van der Waals surface area contributed by atoms with Gasteiger partial charge in [0.25, 0.3) is 0 Å². The van der Waals surface area contributed by atoms with Gasteiger partial charge in [-0.2, -0.15) is 0 Å². The molecule has 2 aromatic rings. The highest BCUT2D eigenvalue weighted by Crippen LogP contribution is 2.39. The van der Waals surface area contributed by atoms with Crippen molar-refractivity contribution < 1.29 is 26.7 Å². The van der Waals surface area contributed by atoms with Gasteiger partial charge < -0.3 is 9.64 Å². The highest BCUT2D eigenvalue weighted by Gasteiger charge is 2.38. The second-order valence-electron chi connectivity index (χ2n) is 7.52. The summed E-state index contributed by atoms with van der Waals surface area (Å²) in [5.41, 5.74) is -0.293. The number of carbonyl (C=O) groups excluding carboxylic acids is 1. The zero-order chi connectivity index (χ0) is 22.6. The molecule has 1 unspecified atom stereocenters. The minimum atomic E-state index is -4.16. The van der Waals surface area contributed by atoms with Crippen molar-refractivity contribution in [1.29, 1.82) is 0 Å². The Morgan fingerprint density at radius 2 is 1.77 bits per heavy atom. The van der Waals surface area contributed by atoms with Gasteiger partial charge in [-0.05, 0) is 61.7 Å². The van der Waals surface area contributed by atoms with Crippen LogP contribution in [0.3, 0.4) is 0 Å². The molecule has 2 aromatic carbocycles. The molecule has 2 atom stereocenters. The zero-order valence-electron chi connectivity index (χ0n) is 17.1. The van der Waals surface area contributed by atoms with Crippen LogP contribution in [-0.4, -0.2) is 39.1 Å². The molecule has 0 bridgehead atoms. The van der Waals surface area contributed by atoms with Crippen molar-refractivity contribution >= 4 is 27.5 Å². The summed E-state index contributed by atoms with van der Waals surface area (Å²) in [7, 11) is -4.16. The third kappa shape index (κ3) is 5.36. The smallest absolute Gasteiger partial charge is 0.409 e. The molecule has 0 aromatic heterocycles. The number of carbonyl (C=O) groups is 1. The van der Waals surface area contributed by atoms with E-state index in [4.69, 9.17) is 16.3 Å². The number of sulfone groups is 1. The molecule has 1 amide bonds. The minimum Gasteiger partial charge on any atom is -0.449 e. The summed E-state index contributed by atoms with van der Waals surface area (Å²) in [4.78, 5) is 13.8. The standard InChI is InChI=1S/C22H24ClF2NO4S/c1-2-15(14-30-22(27)26-11-3-4-12-26)21(19-13-17(24)7-10-20(19)25)31(28,29)18-8-5-16(23)6-9-18/h5-10,13,15,21H,2-4,11-12,14H2,1H3/t15?,21-/m0/s1. The van der Waals surface area contributed by atoms with Crippen LogP contribution < -0.4 is 0 Å². The molecule has 0 N–H and O–H groups in total.